The highest BCUT2D eigenvalue weighted by molar-refractivity contribution is 7.47. The minimum atomic E-state index is -4.28. The number of allylic oxidation sites excluding steroid dienone is 4. The Morgan fingerprint density at radius 2 is 0.735 bits per heavy atom. The SMILES string of the molecule is CCCCCCCCCC/C=C\CCCCCCCCCCCCCCCC(=O)OC(COCCCCCCCCCCCCCC/C=C\CCCCCCCCCC)COP(=O)(O)OCCN. The van der Waals surface area contributed by atoms with E-state index in [0.29, 0.717) is 13.0 Å². The second kappa shape index (κ2) is 56.9. The van der Waals surface area contributed by atoms with Crippen molar-refractivity contribution in [2.75, 3.05) is 33.0 Å². The maximum Gasteiger partial charge on any atom is 0.472 e. The molecule has 0 aliphatic carbocycles. The van der Waals surface area contributed by atoms with Gasteiger partial charge in [-0.1, -0.05) is 263 Å². The summed E-state index contributed by atoms with van der Waals surface area (Å²) in [6, 6.07) is 0. The molecule has 68 heavy (non-hydrogen) atoms. The van der Waals surface area contributed by atoms with Gasteiger partial charge in [0.1, 0.15) is 6.10 Å². The standard InChI is InChI=1S/C59H116NO7P/c1-3-5-7-9-11-13-15-17-19-21-23-25-27-29-30-32-34-36-38-40-42-44-46-48-50-52-59(61)67-58(57-66-68(62,63)65-55-53-60)56-64-54-51-49-47-45-43-41-39-37-35-33-31-28-26-24-22-20-18-16-14-12-10-8-6-4-2/h21-24,58H,3-20,25-57,60H2,1-2H3,(H,62,63)/b23-21-,24-22-. The van der Waals surface area contributed by atoms with Crippen molar-refractivity contribution in [2.45, 2.75) is 315 Å². The minimum Gasteiger partial charge on any atom is -0.457 e. The van der Waals surface area contributed by atoms with Gasteiger partial charge in [-0.3, -0.25) is 13.8 Å². The van der Waals surface area contributed by atoms with Gasteiger partial charge in [-0.15, -0.1) is 0 Å². The summed E-state index contributed by atoms with van der Waals surface area (Å²) in [5, 5.41) is 0. The van der Waals surface area contributed by atoms with Gasteiger partial charge in [-0.2, -0.15) is 0 Å². The summed E-state index contributed by atoms with van der Waals surface area (Å²) in [6.07, 6.45) is 68.1. The predicted molar refractivity (Wildman–Crippen MR) is 293 cm³/mol. The van der Waals surface area contributed by atoms with Crippen molar-refractivity contribution in [2.24, 2.45) is 5.73 Å². The molecule has 2 unspecified atom stereocenters. The average Bonchev–Trinajstić information content (AvgIpc) is 3.33. The maximum atomic E-state index is 12.7. The molecule has 0 amide bonds. The average molecular weight is 983 g/mol. The third-order valence-electron chi connectivity index (χ3n) is 13.3. The maximum absolute atomic E-state index is 12.7. The Balaban J connectivity index is 3.83. The first kappa shape index (κ1) is 67.0. The van der Waals surface area contributed by atoms with Crippen LogP contribution in [0.5, 0.6) is 0 Å². The Hall–Kier alpha value is -1.02. The van der Waals surface area contributed by atoms with Gasteiger partial charge in [0.25, 0.3) is 0 Å². The normalized spacial score (nSPS) is 13.3. The lowest BCUT2D eigenvalue weighted by molar-refractivity contribution is -0.154. The van der Waals surface area contributed by atoms with Gasteiger partial charge in [-0.25, -0.2) is 4.57 Å². The van der Waals surface area contributed by atoms with Gasteiger partial charge in [0.15, 0.2) is 0 Å². The molecule has 0 radical (unpaired) electrons. The number of phosphoric acid groups is 1. The van der Waals surface area contributed by atoms with Crippen LogP contribution in [-0.4, -0.2) is 49.9 Å². The largest absolute Gasteiger partial charge is 0.472 e. The Bertz CT molecular complexity index is 1100. The van der Waals surface area contributed by atoms with Crippen molar-refractivity contribution in [3.05, 3.63) is 24.3 Å². The molecule has 0 spiro atoms. The Kier molecular flexibility index (Phi) is 56.0. The Labute approximate surface area is 423 Å². The van der Waals surface area contributed by atoms with Crippen molar-refractivity contribution in [3.8, 4) is 0 Å². The summed E-state index contributed by atoms with van der Waals surface area (Å²) < 4.78 is 33.7. The number of carbonyl (C=O) groups is 1. The lowest BCUT2D eigenvalue weighted by Crippen LogP contribution is -2.28. The highest BCUT2D eigenvalue weighted by Gasteiger charge is 2.25. The van der Waals surface area contributed by atoms with Crippen LogP contribution in [0.3, 0.4) is 0 Å². The molecule has 8 nitrogen and oxygen atoms in total. The fraction of sp³-hybridized carbons (Fsp3) is 0.915. The molecular weight excluding hydrogens is 866 g/mol. The fourth-order valence-corrected chi connectivity index (χ4v) is 9.70. The van der Waals surface area contributed by atoms with Gasteiger partial charge in [0, 0.05) is 19.6 Å². The van der Waals surface area contributed by atoms with Crippen LogP contribution >= 0.6 is 7.82 Å². The van der Waals surface area contributed by atoms with Crippen LogP contribution in [0.2, 0.25) is 0 Å². The van der Waals surface area contributed by atoms with Crippen molar-refractivity contribution in [3.63, 3.8) is 0 Å². The van der Waals surface area contributed by atoms with E-state index in [0.717, 1.165) is 32.1 Å². The summed E-state index contributed by atoms with van der Waals surface area (Å²) in [7, 11) is -4.28. The van der Waals surface area contributed by atoms with Crippen molar-refractivity contribution in [1.29, 1.82) is 0 Å². The minimum absolute atomic E-state index is 0.0929. The molecule has 9 heteroatoms. The molecular formula is C59H116NO7P. The zero-order valence-corrected chi connectivity index (χ0v) is 46.3. The number of hydrogen-bond acceptors (Lipinski definition) is 7. The number of unbranched alkanes of at least 4 members (excludes halogenated alkanes) is 41. The lowest BCUT2D eigenvalue weighted by Gasteiger charge is -2.20. The molecule has 404 valence electrons. The molecule has 0 aromatic heterocycles. The highest BCUT2D eigenvalue weighted by atomic mass is 31.2. The molecule has 0 bridgehead atoms. The summed E-state index contributed by atoms with van der Waals surface area (Å²) in [5.74, 6) is -0.323. The first-order valence-electron chi connectivity index (χ1n) is 29.8. The van der Waals surface area contributed by atoms with Crippen LogP contribution in [0, 0.1) is 0 Å². The van der Waals surface area contributed by atoms with E-state index in [1.165, 1.54) is 257 Å². The quantitative estimate of drug-likeness (QED) is 0.0268. The molecule has 0 saturated heterocycles. The zero-order chi connectivity index (χ0) is 49.4. The van der Waals surface area contributed by atoms with Crippen molar-refractivity contribution >= 4 is 13.8 Å². The van der Waals surface area contributed by atoms with Crippen LogP contribution in [0.15, 0.2) is 24.3 Å². The number of carbonyl (C=O) groups excluding carboxylic acids is 1. The first-order valence-corrected chi connectivity index (χ1v) is 31.3. The fourth-order valence-electron chi connectivity index (χ4n) is 8.93. The smallest absolute Gasteiger partial charge is 0.457 e. The third-order valence-corrected chi connectivity index (χ3v) is 14.3. The molecule has 0 rings (SSSR count). The van der Waals surface area contributed by atoms with E-state index in [1.54, 1.807) is 0 Å². The van der Waals surface area contributed by atoms with E-state index >= 15 is 0 Å². The van der Waals surface area contributed by atoms with Crippen molar-refractivity contribution in [1.82, 2.24) is 0 Å². The summed E-state index contributed by atoms with van der Waals surface area (Å²) in [4.78, 5) is 22.7. The molecule has 2 atom stereocenters. The second-order valence-corrected chi connectivity index (χ2v) is 21.7. The van der Waals surface area contributed by atoms with Crippen LogP contribution < -0.4 is 5.73 Å². The van der Waals surface area contributed by atoms with Crippen molar-refractivity contribution < 1.29 is 32.8 Å². The van der Waals surface area contributed by atoms with E-state index in [-0.39, 0.29) is 32.3 Å². The topological polar surface area (TPSA) is 117 Å². The molecule has 0 saturated carbocycles. The van der Waals surface area contributed by atoms with Crippen LogP contribution in [-0.2, 0) is 27.9 Å². The monoisotopic (exact) mass is 982 g/mol. The Morgan fingerprint density at radius 1 is 0.426 bits per heavy atom. The molecule has 0 aliphatic rings. The van der Waals surface area contributed by atoms with E-state index in [4.69, 9.17) is 24.3 Å². The number of ether oxygens (including phenoxy) is 2. The number of esters is 1. The van der Waals surface area contributed by atoms with Gasteiger partial charge in [0.05, 0.1) is 19.8 Å². The molecule has 0 heterocycles. The number of nitrogens with two attached hydrogens (primary N) is 1. The third kappa shape index (κ3) is 55.9. The first-order chi connectivity index (χ1) is 33.4. The van der Waals surface area contributed by atoms with Gasteiger partial charge >= 0.3 is 13.8 Å². The molecule has 0 aromatic carbocycles. The van der Waals surface area contributed by atoms with Gasteiger partial charge < -0.3 is 20.1 Å². The highest BCUT2D eigenvalue weighted by Crippen LogP contribution is 2.43. The summed E-state index contributed by atoms with van der Waals surface area (Å²) in [6.45, 7) is 4.99. The molecule has 3 N–H and O–H groups in total. The molecule has 0 fully saturated rings. The molecule has 0 aliphatic heterocycles. The number of hydrogen-bond donors (Lipinski definition) is 2. The summed E-state index contributed by atoms with van der Waals surface area (Å²) in [5.41, 5.74) is 5.41. The predicted octanol–water partition coefficient (Wildman–Crippen LogP) is 19.1. The number of rotatable bonds is 58. The zero-order valence-electron chi connectivity index (χ0n) is 45.4. The number of phosphoric ester groups is 1. The second-order valence-electron chi connectivity index (χ2n) is 20.2. The lowest BCUT2D eigenvalue weighted by atomic mass is 10.0. The van der Waals surface area contributed by atoms with Crippen LogP contribution in [0.25, 0.3) is 0 Å². The molecule has 0 aromatic rings. The summed E-state index contributed by atoms with van der Waals surface area (Å²) >= 11 is 0. The van der Waals surface area contributed by atoms with Gasteiger partial charge in [0.2, 0.25) is 0 Å². The van der Waals surface area contributed by atoms with E-state index in [2.05, 4.69) is 38.2 Å². The van der Waals surface area contributed by atoms with Crippen LogP contribution in [0.4, 0.5) is 0 Å². The Morgan fingerprint density at radius 3 is 1.07 bits per heavy atom. The van der Waals surface area contributed by atoms with E-state index in [1.807, 2.05) is 0 Å². The van der Waals surface area contributed by atoms with E-state index in [9.17, 15) is 14.3 Å². The van der Waals surface area contributed by atoms with Crippen LogP contribution in [0.1, 0.15) is 309 Å². The van der Waals surface area contributed by atoms with E-state index < -0.39 is 13.9 Å². The van der Waals surface area contributed by atoms with Gasteiger partial charge in [-0.05, 0) is 64.2 Å².